The molecule has 1 atom stereocenters. The number of carbonyl (C=O) groups is 2. The van der Waals surface area contributed by atoms with E-state index in [-0.39, 0.29) is 11.5 Å². The summed E-state index contributed by atoms with van der Waals surface area (Å²) in [5.41, 5.74) is 4.53. The Balaban J connectivity index is 1.99. The van der Waals surface area contributed by atoms with Crippen molar-refractivity contribution in [3.63, 3.8) is 0 Å². The van der Waals surface area contributed by atoms with E-state index in [1.165, 1.54) is 6.07 Å². The number of nitrogens with two attached hydrogens (primary N) is 1. The molecule has 25 heavy (non-hydrogen) atoms. The minimum atomic E-state index is -2.00. The molecule has 2 aromatic carbocycles. The number of nitrogens with zero attached hydrogens (tertiary/aromatic N) is 1. The second-order valence-electron chi connectivity index (χ2n) is 5.93. The van der Waals surface area contributed by atoms with Crippen molar-refractivity contribution in [3.8, 4) is 0 Å². The van der Waals surface area contributed by atoms with Gasteiger partial charge in [-0.05, 0) is 23.3 Å². The van der Waals surface area contributed by atoms with Gasteiger partial charge in [-0.15, -0.1) is 0 Å². The van der Waals surface area contributed by atoms with Gasteiger partial charge in [0.1, 0.15) is 0 Å². The van der Waals surface area contributed by atoms with E-state index in [0.29, 0.717) is 37.4 Å². The summed E-state index contributed by atoms with van der Waals surface area (Å²) in [4.78, 5) is 26.4. The van der Waals surface area contributed by atoms with Gasteiger partial charge in [0.25, 0.3) is 11.8 Å². The lowest BCUT2D eigenvalue weighted by atomic mass is 9.85. The van der Waals surface area contributed by atoms with Crippen molar-refractivity contribution in [1.29, 1.82) is 0 Å². The van der Waals surface area contributed by atoms with Crippen LogP contribution in [0.15, 0.2) is 54.6 Å². The zero-order valence-corrected chi connectivity index (χ0v) is 13.7. The van der Waals surface area contributed by atoms with Gasteiger partial charge in [0.15, 0.2) is 5.60 Å². The van der Waals surface area contributed by atoms with E-state index in [0.717, 1.165) is 0 Å². The first-order valence-electron chi connectivity index (χ1n) is 8.09. The molecule has 6 nitrogen and oxygen atoms in total. The standard InChI is InChI=1S/C19H20N2O4/c20-18(23)19(24,15-6-2-1-3-7-15)16-8-4-5-14(13-16)17(22)21-9-11-25-12-10-21/h1-8,13,24H,9-12H2,(H2,20,23). The van der Waals surface area contributed by atoms with E-state index >= 15 is 0 Å². The highest BCUT2D eigenvalue weighted by Crippen LogP contribution is 2.30. The largest absolute Gasteiger partial charge is 0.378 e. The summed E-state index contributed by atoms with van der Waals surface area (Å²) in [5.74, 6) is -1.06. The second-order valence-corrected chi connectivity index (χ2v) is 5.93. The normalized spacial score (nSPS) is 16.9. The molecular formula is C19H20N2O4. The van der Waals surface area contributed by atoms with Crippen LogP contribution in [0.1, 0.15) is 21.5 Å². The molecule has 1 fully saturated rings. The highest BCUT2D eigenvalue weighted by Gasteiger charge is 2.38. The van der Waals surface area contributed by atoms with Crippen molar-refractivity contribution >= 4 is 11.8 Å². The Labute approximate surface area is 145 Å². The predicted molar refractivity (Wildman–Crippen MR) is 91.8 cm³/mol. The quantitative estimate of drug-likeness (QED) is 0.864. The third-order valence-electron chi connectivity index (χ3n) is 4.37. The van der Waals surface area contributed by atoms with Gasteiger partial charge in [-0.25, -0.2) is 0 Å². The van der Waals surface area contributed by atoms with Crippen molar-refractivity contribution in [2.75, 3.05) is 26.3 Å². The lowest BCUT2D eigenvalue weighted by Crippen LogP contribution is -2.43. The first-order valence-corrected chi connectivity index (χ1v) is 8.09. The molecule has 1 aliphatic heterocycles. The monoisotopic (exact) mass is 340 g/mol. The first-order chi connectivity index (χ1) is 12.0. The van der Waals surface area contributed by atoms with Crippen LogP contribution < -0.4 is 5.73 Å². The number of primary amides is 1. The van der Waals surface area contributed by atoms with Gasteiger partial charge in [0.2, 0.25) is 0 Å². The summed E-state index contributed by atoms with van der Waals surface area (Å²) in [7, 11) is 0. The lowest BCUT2D eigenvalue weighted by molar-refractivity contribution is -0.133. The number of hydrogen-bond acceptors (Lipinski definition) is 4. The van der Waals surface area contributed by atoms with Crippen molar-refractivity contribution in [2.24, 2.45) is 5.73 Å². The van der Waals surface area contributed by atoms with E-state index in [1.807, 2.05) is 0 Å². The molecule has 6 heteroatoms. The molecule has 2 aromatic rings. The number of ether oxygens (including phenoxy) is 1. The molecule has 1 unspecified atom stereocenters. The number of amides is 2. The maximum absolute atomic E-state index is 12.7. The van der Waals surface area contributed by atoms with Crippen molar-refractivity contribution < 1.29 is 19.4 Å². The van der Waals surface area contributed by atoms with Gasteiger partial charge in [-0.2, -0.15) is 0 Å². The Kier molecular flexibility index (Phi) is 4.83. The zero-order chi connectivity index (χ0) is 17.9. The average molecular weight is 340 g/mol. The third-order valence-corrected chi connectivity index (χ3v) is 4.37. The fourth-order valence-electron chi connectivity index (χ4n) is 2.96. The summed E-state index contributed by atoms with van der Waals surface area (Å²) in [6.07, 6.45) is 0. The molecule has 0 aromatic heterocycles. The Bertz CT molecular complexity index is 772. The molecule has 3 N–H and O–H groups in total. The third kappa shape index (κ3) is 3.26. The van der Waals surface area contributed by atoms with E-state index in [9.17, 15) is 14.7 Å². The van der Waals surface area contributed by atoms with Crippen LogP contribution in [0.5, 0.6) is 0 Å². The number of rotatable bonds is 4. The van der Waals surface area contributed by atoms with Crippen LogP contribution in [0.25, 0.3) is 0 Å². The molecule has 130 valence electrons. The Morgan fingerprint density at radius 1 is 1.00 bits per heavy atom. The van der Waals surface area contributed by atoms with Crippen LogP contribution in [0.4, 0.5) is 0 Å². The molecule has 1 aliphatic rings. The topological polar surface area (TPSA) is 92.9 Å². The zero-order valence-electron chi connectivity index (χ0n) is 13.7. The second kappa shape index (κ2) is 7.04. The number of morpholine rings is 1. The van der Waals surface area contributed by atoms with Crippen LogP contribution >= 0.6 is 0 Å². The van der Waals surface area contributed by atoms with Gasteiger partial charge in [0.05, 0.1) is 13.2 Å². The average Bonchev–Trinajstić information content (AvgIpc) is 2.68. The molecule has 1 heterocycles. The number of aliphatic hydroxyl groups is 1. The fourth-order valence-corrected chi connectivity index (χ4v) is 2.96. The predicted octanol–water partition coefficient (Wildman–Crippen LogP) is 0.880. The smallest absolute Gasteiger partial charge is 0.258 e. The maximum atomic E-state index is 12.7. The summed E-state index contributed by atoms with van der Waals surface area (Å²) in [6.45, 7) is 2.03. The van der Waals surface area contributed by atoms with E-state index < -0.39 is 11.5 Å². The van der Waals surface area contributed by atoms with Gasteiger partial charge in [0, 0.05) is 18.7 Å². The summed E-state index contributed by atoms with van der Waals surface area (Å²) in [6, 6.07) is 14.9. The van der Waals surface area contributed by atoms with Crippen molar-refractivity contribution in [1.82, 2.24) is 4.90 Å². The van der Waals surface area contributed by atoms with E-state index in [4.69, 9.17) is 10.5 Å². The van der Waals surface area contributed by atoms with Crippen LogP contribution in [-0.2, 0) is 15.1 Å². The van der Waals surface area contributed by atoms with Crippen LogP contribution in [0, 0.1) is 0 Å². The maximum Gasteiger partial charge on any atom is 0.258 e. The molecule has 1 saturated heterocycles. The summed E-state index contributed by atoms with van der Waals surface area (Å²) < 4.78 is 5.26. The first kappa shape index (κ1) is 17.1. The molecule has 0 bridgehead atoms. The summed E-state index contributed by atoms with van der Waals surface area (Å²) >= 11 is 0. The molecule has 2 amide bonds. The lowest BCUT2D eigenvalue weighted by Gasteiger charge is -2.28. The molecule has 0 saturated carbocycles. The Hall–Kier alpha value is -2.70. The molecule has 0 radical (unpaired) electrons. The van der Waals surface area contributed by atoms with Gasteiger partial charge in [-0.3, -0.25) is 9.59 Å². The Morgan fingerprint density at radius 2 is 1.64 bits per heavy atom. The van der Waals surface area contributed by atoms with Gasteiger partial charge < -0.3 is 20.5 Å². The van der Waals surface area contributed by atoms with Crippen LogP contribution in [0.2, 0.25) is 0 Å². The highest BCUT2D eigenvalue weighted by atomic mass is 16.5. The SMILES string of the molecule is NC(=O)C(O)(c1ccccc1)c1cccc(C(=O)N2CCOCC2)c1. The number of hydrogen-bond donors (Lipinski definition) is 2. The van der Waals surface area contributed by atoms with Crippen LogP contribution in [0.3, 0.4) is 0 Å². The molecule has 0 aliphatic carbocycles. The summed E-state index contributed by atoms with van der Waals surface area (Å²) in [5, 5.41) is 11.0. The number of benzene rings is 2. The van der Waals surface area contributed by atoms with Crippen molar-refractivity contribution in [2.45, 2.75) is 5.60 Å². The Morgan fingerprint density at radius 3 is 2.28 bits per heavy atom. The fraction of sp³-hybridized carbons (Fsp3) is 0.263. The van der Waals surface area contributed by atoms with E-state index in [1.54, 1.807) is 53.4 Å². The highest BCUT2D eigenvalue weighted by molar-refractivity contribution is 5.95. The van der Waals surface area contributed by atoms with Gasteiger partial charge >= 0.3 is 0 Å². The van der Waals surface area contributed by atoms with Crippen molar-refractivity contribution in [3.05, 3.63) is 71.3 Å². The number of carbonyl (C=O) groups excluding carboxylic acids is 2. The molecular weight excluding hydrogens is 320 g/mol. The van der Waals surface area contributed by atoms with Gasteiger partial charge in [-0.1, -0.05) is 42.5 Å². The molecule has 3 rings (SSSR count). The minimum Gasteiger partial charge on any atom is -0.378 e. The van der Waals surface area contributed by atoms with Crippen LogP contribution in [-0.4, -0.2) is 48.1 Å². The van der Waals surface area contributed by atoms with E-state index in [2.05, 4.69) is 0 Å². The molecule has 0 spiro atoms. The minimum absolute atomic E-state index is 0.162.